The predicted molar refractivity (Wildman–Crippen MR) is 146 cm³/mol. The van der Waals surface area contributed by atoms with E-state index in [1.165, 1.54) is 28.4 Å². The van der Waals surface area contributed by atoms with Gasteiger partial charge in [0, 0.05) is 39.7 Å². The molecule has 200 valence electrons. The van der Waals surface area contributed by atoms with Gasteiger partial charge in [-0.05, 0) is 66.1 Å². The molecule has 2 aliphatic carbocycles. The van der Waals surface area contributed by atoms with E-state index in [-0.39, 0.29) is 70.3 Å². The second-order valence-electron chi connectivity index (χ2n) is 10.6. The number of anilines is 1. The Morgan fingerprint density at radius 3 is 2.44 bits per heavy atom. The summed E-state index contributed by atoms with van der Waals surface area (Å²) in [5.41, 5.74) is 1.51. The number of thioether (sulfide) groups is 1. The molecule has 0 spiro atoms. The van der Waals surface area contributed by atoms with Gasteiger partial charge in [0.2, 0.25) is 17.7 Å². The van der Waals surface area contributed by atoms with Gasteiger partial charge in [-0.1, -0.05) is 35.1 Å². The lowest BCUT2D eigenvalue weighted by Gasteiger charge is -2.43. The van der Waals surface area contributed by atoms with Gasteiger partial charge >= 0.3 is 4.87 Å². The lowest BCUT2D eigenvalue weighted by Crippen LogP contribution is -2.42. The summed E-state index contributed by atoms with van der Waals surface area (Å²) in [4.78, 5) is 57.1. The van der Waals surface area contributed by atoms with Crippen molar-refractivity contribution in [2.45, 2.75) is 29.0 Å². The highest BCUT2D eigenvalue weighted by Crippen LogP contribution is 2.68. The van der Waals surface area contributed by atoms with Gasteiger partial charge in [-0.25, -0.2) is 4.39 Å². The summed E-state index contributed by atoms with van der Waals surface area (Å²) in [6.45, 7) is 0.0358. The van der Waals surface area contributed by atoms with Crippen LogP contribution in [0.5, 0.6) is 0 Å². The zero-order valence-electron chi connectivity index (χ0n) is 20.4. The summed E-state index contributed by atoms with van der Waals surface area (Å²) in [6.07, 6.45) is 0.782. The number of carbonyl (C=O) groups is 3. The summed E-state index contributed by atoms with van der Waals surface area (Å²) < 4.78 is 13.8. The number of benzene rings is 2. The molecule has 7 nitrogen and oxygen atoms in total. The number of likely N-dealkylation sites (tertiary alicyclic amines) is 1. The Morgan fingerprint density at radius 2 is 1.72 bits per heavy atom. The average molecular weight is 584 g/mol. The van der Waals surface area contributed by atoms with Crippen molar-refractivity contribution in [3.63, 3.8) is 0 Å². The number of rotatable bonds is 5. The fourth-order valence-electron chi connectivity index (χ4n) is 7.31. The van der Waals surface area contributed by atoms with E-state index in [2.05, 4.69) is 10.3 Å². The predicted octanol–water partition coefficient (Wildman–Crippen LogP) is 4.73. The Kier molecular flexibility index (Phi) is 5.98. The Labute approximate surface area is 236 Å². The number of halogens is 2. The van der Waals surface area contributed by atoms with Gasteiger partial charge in [-0.2, -0.15) is 0 Å². The Bertz CT molecular complexity index is 1560. The second kappa shape index (κ2) is 9.31. The van der Waals surface area contributed by atoms with E-state index in [1.54, 1.807) is 48.2 Å². The van der Waals surface area contributed by atoms with E-state index >= 15 is 0 Å². The van der Waals surface area contributed by atoms with Crippen LogP contribution in [0.2, 0.25) is 5.02 Å². The number of H-pyrrole nitrogens is 1. The minimum Gasteiger partial charge on any atom is -0.326 e. The molecular weight excluding hydrogens is 561 g/mol. The smallest absolute Gasteiger partial charge is 0.305 e. The van der Waals surface area contributed by atoms with Crippen LogP contribution in [0.1, 0.15) is 29.2 Å². The maximum Gasteiger partial charge on any atom is 0.305 e. The largest absolute Gasteiger partial charge is 0.326 e. The Morgan fingerprint density at radius 1 is 1.03 bits per heavy atom. The van der Waals surface area contributed by atoms with Gasteiger partial charge in [0.1, 0.15) is 5.82 Å². The number of fused-ring (bicyclic) bond motifs is 9. The van der Waals surface area contributed by atoms with Gasteiger partial charge < -0.3 is 10.3 Å². The second-order valence-corrected chi connectivity index (χ2v) is 13.3. The number of amides is 3. The maximum atomic E-state index is 13.8. The van der Waals surface area contributed by atoms with Crippen LogP contribution < -0.4 is 10.2 Å². The third kappa shape index (κ3) is 3.98. The van der Waals surface area contributed by atoms with Crippen LogP contribution in [-0.2, 0) is 14.4 Å². The monoisotopic (exact) mass is 583 g/mol. The standard InChI is InChI=1S/C28H23ClFN3O4S2/c29-13-3-7-15(8-4-13)31-18(34)9-10-33-26(35)21-16-11-17(22(21)27(33)36)23-20(16)19(12-1-5-14(30)6-2-12)24-25(38-23)32-28(37)39-24/h1-8,16-17,19-23H,9-11H2,(H,31,34)(H,32,37). The molecule has 7 atom stereocenters. The molecular formula is C28H23ClFN3O4S2. The highest BCUT2D eigenvalue weighted by molar-refractivity contribution is 8.00. The number of nitrogens with zero attached hydrogens (tertiary/aromatic N) is 1. The van der Waals surface area contributed by atoms with Crippen LogP contribution in [0, 0.1) is 35.4 Å². The van der Waals surface area contributed by atoms with E-state index in [1.807, 2.05) is 0 Å². The normalized spacial score (nSPS) is 30.3. The SMILES string of the molecule is O=C(CCN1C(=O)C2C3CC(C2C1=O)C1C(c2ccc(F)cc2)c2sc(=O)[nH]c2SC31)Nc1ccc(Cl)cc1. The summed E-state index contributed by atoms with van der Waals surface area (Å²) in [5.74, 6) is -1.97. The van der Waals surface area contributed by atoms with E-state index in [4.69, 9.17) is 11.6 Å². The van der Waals surface area contributed by atoms with Crippen LogP contribution in [0.3, 0.4) is 0 Å². The van der Waals surface area contributed by atoms with Crippen molar-refractivity contribution in [2.75, 3.05) is 11.9 Å². The topological polar surface area (TPSA) is 99.3 Å². The molecule has 3 aromatic rings. The summed E-state index contributed by atoms with van der Waals surface area (Å²) in [6, 6.07) is 13.1. The number of carbonyl (C=O) groups excluding carboxylic acids is 3. The first-order valence-corrected chi connectivity index (χ1v) is 14.9. The fraction of sp³-hybridized carbons (Fsp3) is 0.357. The van der Waals surface area contributed by atoms with Crippen LogP contribution in [0.4, 0.5) is 10.1 Å². The number of hydrogen-bond donors (Lipinski definition) is 2. The van der Waals surface area contributed by atoms with Crippen molar-refractivity contribution in [1.29, 1.82) is 0 Å². The van der Waals surface area contributed by atoms with Crippen molar-refractivity contribution in [3.8, 4) is 0 Å². The molecule has 39 heavy (non-hydrogen) atoms. The molecule has 2 aliphatic heterocycles. The van der Waals surface area contributed by atoms with Crippen molar-refractivity contribution < 1.29 is 18.8 Å². The molecule has 3 fully saturated rings. The minimum absolute atomic E-state index is 0.00107. The molecule has 2 bridgehead atoms. The van der Waals surface area contributed by atoms with Gasteiger partial charge in [-0.15, -0.1) is 11.8 Å². The van der Waals surface area contributed by atoms with Crippen LogP contribution in [0.25, 0.3) is 0 Å². The lowest BCUT2D eigenvalue weighted by atomic mass is 9.68. The van der Waals surface area contributed by atoms with Crippen molar-refractivity contribution in [3.05, 3.63) is 79.5 Å². The number of nitrogens with one attached hydrogen (secondary N) is 2. The van der Waals surface area contributed by atoms with Crippen molar-refractivity contribution in [1.82, 2.24) is 9.88 Å². The first-order valence-electron chi connectivity index (χ1n) is 12.9. The fourth-order valence-corrected chi connectivity index (χ4v) is 10.3. The molecule has 1 saturated heterocycles. The van der Waals surface area contributed by atoms with Crippen molar-refractivity contribution in [2.24, 2.45) is 29.6 Å². The number of aromatic amines is 1. The summed E-state index contributed by atoms with van der Waals surface area (Å²) >= 11 is 8.68. The van der Waals surface area contributed by atoms with Gasteiger partial charge in [0.05, 0.1) is 16.9 Å². The summed E-state index contributed by atoms with van der Waals surface area (Å²) in [5, 5.41) is 4.22. The third-order valence-corrected chi connectivity index (χ3v) is 11.6. The van der Waals surface area contributed by atoms with Gasteiger partial charge in [0.25, 0.3) is 0 Å². The first kappa shape index (κ1) is 25.0. The van der Waals surface area contributed by atoms with Crippen LogP contribution in [-0.4, -0.2) is 39.4 Å². The molecule has 3 heterocycles. The Balaban J connectivity index is 1.14. The zero-order chi connectivity index (χ0) is 27.0. The molecule has 0 radical (unpaired) electrons. The third-order valence-electron chi connectivity index (χ3n) is 8.73. The molecule has 4 aliphatic rings. The maximum absolute atomic E-state index is 13.8. The minimum atomic E-state index is -0.427. The van der Waals surface area contributed by atoms with Crippen LogP contribution in [0.15, 0.2) is 58.4 Å². The number of imide groups is 1. The molecule has 7 rings (SSSR count). The van der Waals surface area contributed by atoms with Crippen molar-refractivity contribution >= 4 is 58.1 Å². The zero-order valence-corrected chi connectivity index (χ0v) is 22.8. The van der Waals surface area contributed by atoms with Gasteiger partial charge in [-0.3, -0.25) is 24.1 Å². The van der Waals surface area contributed by atoms with Gasteiger partial charge in [0.15, 0.2) is 0 Å². The van der Waals surface area contributed by atoms with E-state index < -0.39 is 11.8 Å². The Hall–Kier alpha value is -2.95. The number of aromatic nitrogens is 1. The highest BCUT2D eigenvalue weighted by Gasteiger charge is 2.69. The lowest BCUT2D eigenvalue weighted by molar-refractivity contribution is -0.141. The van der Waals surface area contributed by atoms with E-state index in [0.29, 0.717) is 10.7 Å². The molecule has 2 saturated carbocycles. The van der Waals surface area contributed by atoms with E-state index in [9.17, 15) is 23.6 Å². The molecule has 1 aromatic heterocycles. The molecule has 11 heteroatoms. The highest BCUT2D eigenvalue weighted by atomic mass is 35.5. The number of thiazole rings is 1. The van der Waals surface area contributed by atoms with Crippen LogP contribution >= 0.6 is 34.7 Å². The number of hydrogen-bond acceptors (Lipinski definition) is 6. The summed E-state index contributed by atoms with van der Waals surface area (Å²) in [7, 11) is 0. The first-order chi connectivity index (χ1) is 18.8. The molecule has 3 amide bonds. The quantitative estimate of drug-likeness (QED) is 0.423. The average Bonchev–Trinajstić information content (AvgIpc) is 3.64. The van der Waals surface area contributed by atoms with E-state index in [0.717, 1.165) is 21.9 Å². The molecule has 7 unspecified atom stereocenters. The molecule has 2 aromatic carbocycles. The molecule has 2 N–H and O–H groups in total.